The number of esters is 1. The molecule has 1 fully saturated rings. The van der Waals surface area contributed by atoms with E-state index in [4.69, 9.17) is 15.2 Å². The third kappa shape index (κ3) is 4.20. The number of morpholine rings is 1. The molecule has 1 amide bonds. The largest absolute Gasteiger partial charge is 0.452 e. The highest BCUT2D eigenvalue weighted by atomic mass is 79.9. The van der Waals surface area contributed by atoms with Gasteiger partial charge in [0.2, 0.25) is 0 Å². The van der Waals surface area contributed by atoms with Crippen LogP contribution in [0.3, 0.4) is 0 Å². The van der Waals surface area contributed by atoms with E-state index in [9.17, 15) is 9.59 Å². The highest BCUT2D eigenvalue weighted by molar-refractivity contribution is 9.10. The molecule has 120 valence electrons. The van der Waals surface area contributed by atoms with Crippen LogP contribution >= 0.6 is 15.9 Å². The Hall–Kier alpha value is -1.60. The summed E-state index contributed by atoms with van der Waals surface area (Å²) in [4.78, 5) is 25.8. The summed E-state index contributed by atoms with van der Waals surface area (Å²) < 4.78 is 11.4. The molecule has 2 atom stereocenters. The fraction of sp³-hybridized carbons (Fsp3) is 0.467. The summed E-state index contributed by atoms with van der Waals surface area (Å²) in [6.45, 7) is 4.51. The predicted octanol–water partition coefficient (Wildman–Crippen LogP) is 1.82. The van der Waals surface area contributed by atoms with Crippen LogP contribution in [-0.2, 0) is 14.3 Å². The van der Waals surface area contributed by atoms with E-state index in [0.29, 0.717) is 18.8 Å². The zero-order valence-corrected chi connectivity index (χ0v) is 14.1. The van der Waals surface area contributed by atoms with Crippen molar-refractivity contribution in [1.29, 1.82) is 0 Å². The average Bonchev–Trinajstić information content (AvgIpc) is 2.45. The fourth-order valence-corrected chi connectivity index (χ4v) is 2.74. The summed E-state index contributed by atoms with van der Waals surface area (Å²) in [7, 11) is 0. The highest BCUT2D eigenvalue weighted by Gasteiger charge is 2.26. The summed E-state index contributed by atoms with van der Waals surface area (Å²) >= 11 is 3.27. The van der Waals surface area contributed by atoms with Crippen LogP contribution in [0.25, 0.3) is 0 Å². The molecule has 2 unspecified atom stereocenters. The van der Waals surface area contributed by atoms with Crippen molar-refractivity contribution in [1.82, 2.24) is 4.90 Å². The molecule has 6 nitrogen and oxygen atoms in total. The van der Waals surface area contributed by atoms with E-state index < -0.39 is 5.97 Å². The Bertz CT molecular complexity index is 569. The Morgan fingerprint density at radius 3 is 2.64 bits per heavy atom. The van der Waals surface area contributed by atoms with Gasteiger partial charge in [-0.25, -0.2) is 4.79 Å². The lowest BCUT2D eigenvalue weighted by atomic mass is 10.2. The molecular weight excluding hydrogens is 352 g/mol. The van der Waals surface area contributed by atoms with Gasteiger partial charge >= 0.3 is 5.97 Å². The van der Waals surface area contributed by atoms with E-state index in [-0.39, 0.29) is 30.3 Å². The van der Waals surface area contributed by atoms with Crippen molar-refractivity contribution >= 4 is 33.5 Å². The minimum absolute atomic E-state index is 0.0240. The molecule has 1 aromatic rings. The molecule has 1 aromatic carbocycles. The molecule has 2 rings (SSSR count). The second-order valence-corrected chi connectivity index (χ2v) is 6.28. The van der Waals surface area contributed by atoms with Crippen LogP contribution in [0, 0.1) is 0 Å². The molecule has 0 spiro atoms. The van der Waals surface area contributed by atoms with Crippen molar-refractivity contribution < 1.29 is 19.1 Å². The van der Waals surface area contributed by atoms with Crippen LogP contribution in [0.15, 0.2) is 22.7 Å². The van der Waals surface area contributed by atoms with Crippen LogP contribution in [0.5, 0.6) is 0 Å². The van der Waals surface area contributed by atoms with Crippen molar-refractivity contribution in [2.45, 2.75) is 26.1 Å². The van der Waals surface area contributed by atoms with Gasteiger partial charge in [-0.05, 0) is 32.0 Å². The minimum Gasteiger partial charge on any atom is -0.452 e. The number of hydrogen-bond donors (Lipinski definition) is 1. The minimum atomic E-state index is -0.610. The van der Waals surface area contributed by atoms with Gasteiger partial charge in [0.1, 0.15) is 0 Å². The topological polar surface area (TPSA) is 81.9 Å². The first kappa shape index (κ1) is 16.8. The zero-order chi connectivity index (χ0) is 16.3. The summed E-state index contributed by atoms with van der Waals surface area (Å²) in [6, 6.07) is 4.91. The molecule has 0 aliphatic carbocycles. The number of halogens is 1. The van der Waals surface area contributed by atoms with E-state index in [1.807, 2.05) is 13.8 Å². The molecule has 1 aliphatic heterocycles. The van der Waals surface area contributed by atoms with Crippen molar-refractivity contribution in [3.8, 4) is 0 Å². The fourth-order valence-electron chi connectivity index (χ4n) is 2.38. The third-order valence-corrected chi connectivity index (χ3v) is 3.83. The molecule has 22 heavy (non-hydrogen) atoms. The number of amides is 1. The maximum atomic E-state index is 12.1. The lowest BCUT2D eigenvalue weighted by Crippen LogP contribution is -2.49. The number of anilines is 1. The number of rotatable bonds is 3. The van der Waals surface area contributed by atoms with Gasteiger partial charge in [0.25, 0.3) is 5.91 Å². The smallest absolute Gasteiger partial charge is 0.340 e. The Morgan fingerprint density at radius 2 is 2.00 bits per heavy atom. The number of carbonyl (C=O) groups is 2. The number of carbonyl (C=O) groups excluding carboxylic acids is 2. The van der Waals surface area contributed by atoms with Gasteiger partial charge in [-0.15, -0.1) is 0 Å². The van der Waals surface area contributed by atoms with Crippen molar-refractivity contribution in [2.24, 2.45) is 0 Å². The van der Waals surface area contributed by atoms with E-state index in [1.165, 1.54) is 0 Å². The molecule has 0 radical (unpaired) electrons. The first-order chi connectivity index (χ1) is 10.4. The summed E-state index contributed by atoms with van der Waals surface area (Å²) in [6.07, 6.45) is -0.0479. The number of hydrogen-bond acceptors (Lipinski definition) is 5. The van der Waals surface area contributed by atoms with Gasteiger partial charge in [0.15, 0.2) is 6.61 Å². The second-order valence-electron chi connectivity index (χ2n) is 5.36. The van der Waals surface area contributed by atoms with Crippen molar-refractivity contribution in [3.05, 3.63) is 28.2 Å². The standard InChI is InChI=1S/C15H19BrN2O4/c1-9-6-18(7-10(2)22-9)14(19)8-21-15(20)12-5-11(16)3-4-13(12)17/h3-5,9-10H,6-8,17H2,1-2H3. The second kappa shape index (κ2) is 7.11. The molecule has 7 heteroatoms. The van der Waals surface area contributed by atoms with Gasteiger partial charge in [0.05, 0.1) is 17.8 Å². The maximum Gasteiger partial charge on any atom is 0.340 e. The maximum absolute atomic E-state index is 12.1. The lowest BCUT2D eigenvalue weighted by Gasteiger charge is -2.35. The van der Waals surface area contributed by atoms with Crippen LogP contribution in [0.4, 0.5) is 5.69 Å². The quantitative estimate of drug-likeness (QED) is 0.648. The average molecular weight is 371 g/mol. The van der Waals surface area contributed by atoms with Crippen LogP contribution < -0.4 is 5.73 Å². The number of ether oxygens (including phenoxy) is 2. The third-order valence-electron chi connectivity index (χ3n) is 3.33. The molecule has 0 aromatic heterocycles. The summed E-state index contributed by atoms with van der Waals surface area (Å²) in [5, 5.41) is 0. The Morgan fingerprint density at radius 1 is 1.36 bits per heavy atom. The Balaban J connectivity index is 1.93. The van der Waals surface area contributed by atoms with Crippen LogP contribution in [-0.4, -0.2) is 48.7 Å². The molecule has 1 saturated heterocycles. The lowest BCUT2D eigenvalue weighted by molar-refractivity contribution is -0.146. The van der Waals surface area contributed by atoms with E-state index in [1.54, 1.807) is 23.1 Å². The van der Waals surface area contributed by atoms with Crippen molar-refractivity contribution in [3.63, 3.8) is 0 Å². The SMILES string of the molecule is CC1CN(C(=O)COC(=O)c2cc(Br)ccc2N)CC(C)O1. The Kier molecular flexibility index (Phi) is 5.42. The van der Waals surface area contributed by atoms with E-state index in [0.717, 1.165) is 4.47 Å². The molecule has 1 heterocycles. The zero-order valence-electron chi connectivity index (χ0n) is 12.5. The van der Waals surface area contributed by atoms with Gasteiger partial charge in [-0.1, -0.05) is 15.9 Å². The van der Waals surface area contributed by atoms with Crippen molar-refractivity contribution in [2.75, 3.05) is 25.4 Å². The molecular formula is C15H19BrN2O4. The Labute approximate surface area is 137 Å². The highest BCUT2D eigenvalue weighted by Crippen LogP contribution is 2.19. The monoisotopic (exact) mass is 370 g/mol. The van der Waals surface area contributed by atoms with Gasteiger partial charge in [0, 0.05) is 23.2 Å². The van der Waals surface area contributed by atoms with Gasteiger partial charge < -0.3 is 20.1 Å². The molecule has 0 saturated carbocycles. The summed E-state index contributed by atoms with van der Waals surface area (Å²) in [5.41, 5.74) is 6.30. The van der Waals surface area contributed by atoms with Crippen LogP contribution in [0.1, 0.15) is 24.2 Å². The molecule has 0 bridgehead atoms. The van der Waals surface area contributed by atoms with Crippen LogP contribution in [0.2, 0.25) is 0 Å². The molecule has 1 aliphatic rings. The first-order valence-electron chi connectivity index (χ1n) is 7.02. The number of nitrogen functional groups attached to an aromatic ring is 1. The van der Waals surface area contributed by atoms with E-state index in [2.05, 4.69) is 15.9 Å². The van der Waals surface area contributed by atoms with Gasteiger partial charge in [-0.3, -0.25) is 4.79 Å². The van der Waals surface area contributed by atoms with Gasteiger partial charge in [-0.2, -0.15) is 0 Å². The summed E-state index contributed by atoms with van der Waals surface area (Å²) in [5.74, 6) is -0.842. The first-order valence-corrected chi connectivity index (χ1v) is 7.81. The predicted molar refractivity (Wildman–Crippen MR) is 85.4 cm³/mol. The number of nitrogens with two attached hydrogens (primary N) is 1. The molecule has 2 N–H and O–H groups in total. The number of nitrogens with zero attached hydrogens (tertiary/aromatic N) is 1. The normalized spacial score (nSPS) is 21.5. The number of benzene rings is 1. The van der Waals surface area contributed by atoms with E-state index >= 15 is 0 Å².